The molecule has 0 aliphatic carbocycles. The van der Waals surface area contributed by atoms with Crippen molar-refractivity contribution in [3.8, 4) is 0 Å². The molecular weight excluding hydrogens is 436 g/mol. The Labute approximate surface area is 217 Å². The molecule has 0 spiro atoms. The first-order chi connectivity index (χ1) is 17.3. The zero-order chi connectivity index (χ0) is 25.7. The predicted octanol–water partition coefficient (Wildman–Crippen LogP) is 7.90. The largest absolute Gasteiger partial charge is 0.304 e. The van der Waals surface area contributed by atoms with Crippen molar-refractivity contribution in [3.63, 3.8) is 0 Å². The van der Waals surface area contributed by atoms with Crippen molar-refractivity contribution in [3.05, 3.63) is 141 Å². The molecule has 0 aromatic heterocycles. The Kier molecular flexibility index (Phi) is 8.40. The lowest BCUT2D eigenvalue weighted by Crippen LogP contribution is -2.35. The Hall–Kier alpha value is -3.20. The highest BCUT2D eigenvalue weighted by Gasteiger charge is 2.25. The van der Waals surface area contributed by atoms with Gasteiger partial charge in [-0.05, 0) is 97.2 Å². The van der Waals surface area contributed by atoms with Crippen LogP contribution in [0.15, 0.2) is 84.9 Å². The van der Waals surface area contributed by atoms with E-state index in [0.29, 0.717) is 0 Å². The number of hydrogen-bond donors (Lipinski definition) is 2. The molecule has 0 bridgehead atoms. The van der Waals surface area contributed by atoms with Crippen LogP contribution in [0, 0.1) is 41.5 Å². The Balaban J connectivity index is 1.68. The highest BCUT2D eigenvalue weighted by Crippen LogP contribution is 2.31. The highest BCUT2D eigenvalue weighted by atomic mass is 15.0. The Morgan fingerprint density at radius 1 is 0.444 bits per heavy atom. The lowest BCUT2D eigenvalue weighted by molar-refractivity contribution is 0.380. The summed E-state index contributed by atoms with van der Waals surface area (Å²) in [5.74, 6) is 0. The van der Waals surface area contributed by atoms with E-state index >= 15 is 0 Å². The second-order valence-electron chi connectivity index (χ2n) is 10.3. The summed E-state index contributed by atoms with van der Waals surface area (Å²) in [6.45, 7) is 14.9. The van der Waals surface area contributed by atoms with E-state index in [1.165, 1.54) is 55.6 Å². The van der Waals surface area contributed by atoms with E-state index in [1.807, 2.05) is 0 Å². The molecule has 2 N–H and O–H groups in total. The van der Waals surface area contributed by atoms with Crippen LogP contribution in [0.1, 0.15) is 67.7 Å². The first-order valence-electron chi connectivity index (χ1n) is 13.0. The third-order valence-electron chi connectivity index (χ3n) is 7.58. The fourth-order valence-electron chi connectivity index (χ4n) is 5.04. The third kappa shape index (κ3) is 6.13. The van der Waals surface area contributed by atoms with E-state index in [0.717, 1.165) is 13.1 Å². The van der Waals surface area contributed by atoms with Gasteiger partial charge in [0.05, 0.1) is 12.1 Å². The highest BCUT2D eigenvalue weighted by molar-refractivity contribution is 5.38. The van der Waals surface area contributed by atoms with E-state index in [-0.39, 0.29) is 12.1 Å². The van der Waals surface area contributed by atoms with Crippen molar-refractivity contribution in [1.29, 1.82) is 0 Å². The van der Waals surface area contributed by atoms with Gasteiger partial charge in [-0.15, -0.1) is 0 Å². The lowest BCUT2D eigenvalue weighted by atomic mass is 9.92. The molecule has 0 aliphatic heterocycles. The third-order valence-corrected chi connectivity index (χ3v) is 7.58. The van der Waals surface area contributed by atoms with E-state index < -0.39 is 0 Å². The average Bonchev–Trinajstić information content (AvgIpc) is 2.88. The summed E-state index contributed by atoms with van der Waals surface area (Å²) in [5, 5.41) is 7.89. The van der Waals surface area contributed by atoms with E-state index in [1.54, 1.807) is 0 Å². The number of hydrogen-bond acceptors (Lipinski definition) is 2. The minimum absolute atomic E-state index is 0.112. The fraction of sp³-hybridized carbons (Fsp3) is 0.294. The van der Waals surface area contributed by atoms with Crippen LogP contribution in [0.2, 0.25) is 0 Å². The maximum Gasteiger partial charge on any atom is 0.0521 e. The molecule has 2 heteroatoms. The van der Waals surface area contributed by atoms with Crippen molar-refractivity contribution in [2.75, 3.05) is 0 Å². The maximum absolute atomic E-state index is 3.95. The molecule has 186 valence electrons. The smallest absolute Gasteiger partial charge is 0.0521 e. The van der Waals surface area contributed by atoms with Gasteiger partial charge in [-0.1, -0.05) is 84.9 Å². The standard InChI is InChI=1S/C34H40N2/c1-23-17-27(5)31(19-25(23)3)21-35-33(29-13-9-7-10-14-29)34(30-15-11-8-12-16-30)36-22-32-20-26(4)24(2)18-28(32)6/h7-20,33-36H,21-22H2,1-6H3. The summed E-state index contributed by atoms with van der Waals surface area (Å²) < 4.78 is 0. The molecule has 2 unspecified atom stereocenters. The van der Waals surface area contributed by atoms with Crippen molar-refractivity contribution in [1.82, 2.24) is 10.6 Å². The fourth-order valence-corrected chi connectivity index (χ4v) is 5.04. The topological polar surface area (TPSA) is 24.1 Å². The van der Waals surface area contributed by atoms with Crippen LogP contribution in [0.25, 0.3) is 0 Å². The second kappa shape index (κ2) is 11.7. The normalized spacial score (nSPS) is 12.9. The van der Waals surface area contributed by atoms with Gasteiger partial charge in [0, 0.05) is 13.1 Å². The summed E-state index contributed by atoms with van der Waals surface area (Å²) in [6.07, 6.45) is 0. The van der Waals surface area contributed by atoms with Crippen molar-refractivity contribution < 1.29 is 0 Å². The molecule has 4 aromatic rings. The van der Waals surface area contributed by atoms with Gasteiger partial charge in [-0.2, -0.15) is 0 Å². The summed E-state index contributed by atoms with van der Waals surface area (Å²) >= 11 is 0. The Morgan fingerprint density at radius 3 is 1.14 bits per heavy atom. The van der Waals surface area contributed by atoms with Gasteiger partial charge in [0.2, 0.25) is 0 Å². The van der Waals surface area contributed by atoms with Gasteiger partial charge < -0.3 is 10.6 Å². The summed E-state index contributed by atoms with van der Waals surface area (Å²) in [7, 11) is 0. The second-order valence-corrected chi connectivity index (χ2v) is 10.3. The molecule has 2 nitrogen and oxygen atoms in total. The van der Waals surface area contributed by atoms with Gasteiger partial charge in [0.15, 0.2) is 0 Å². The summed E-state index contributed by atoms with van der Waals surface area (Å²) in [6, 6.07) is 31.2. The number of aryl methyl sites for hydroxylation is 6. The number of benzene rings is 4. The van der Waals surface area contributed by atoms with Gasteiger partial charge in [0.25, 0.3) is 0 Å². The zero-order valence-corrected chi connectivity index (χ0v) is 22.7. The van der Waals surface area contributed by atoms with Crippen LogP contribution >= 0.6 is 0 Å². The Morgan fingerprint density at radius 2 is 0.778 bits per heavy atom. The molecule has 0 aliphatic rings. The molecule has 0 heterocycles. The number of nitrogens with one attached hydrogen (secondary N) is 2. The first-order valence-corrected chi connectivity index (χ1v) is 13.0. The van der Waals surface area contributed by atoms with Crippen LogP contribution < -0.4 is 10.6 Å². The van der Waals surface area contributed by atoms with E-state index in [4.69, 9.17) is 0 Å². The van der Waals surface area contributed by atoms with Gasteiger partial charge in [-0.3, -0.25) is 0 Å². The average molecular weight is 477 g/mol. The van der Waals surface area contributed by atoms with Crippen LogP contribution in [-0.4, -0.2) is 0 Å². The van der Waals surface area contributed by atoms with E-state index in [2.05, 4.69) is 137 Å². The maximum atomic E-state index is 3.95. The monoisotopic (exact) mass is 476 g/mol. The van der Waals surface area contributed by atoms with E-state index in [9.17, 15) is 0 Å². The van der Waals surface area contributed by atoms with Crippen LogP contribution in [-0.2, 0) is 13.1 Å². The van der Waals surface area contributed by atoms with Gasteiger partial charge >= 0.3 is 0 Å². The summed E-state index contributed by atoms with van der Waals surface area (Å²) in [5.41, 5.74) is 13.4. The summed E-state index contributed by atoms with van der Waals surface area (Å²) in [4.78, 5) is 0. The minimum Gasteiger partial charge on any atom is -0.304 e. The van der Waals surface area contributed by atoms with Gasteiger partial charge in [0.1, 0.15) is 0 Å². The molecule has 0 saturated heterocycles. The van der Waals surface area contributed by atoms with Crippen molar-refractivity contribution in [2.45, 2.75) is 66.7 Å². The van der Waals surface area contributed by atoms with Gasteiger partial charge in [-0.25, -0.2) is 0 Å². The number of rotatable bonds is 9. The molecule has 4 aromatic carbocycles. The first kappa shape index (κ1) is 25.9. The quantitative estimate of drug-likeness (QED) is 0.256. The van der Waals surface area contributed by atoms with Crippen molar-refractivity contribution in [2.24, 2.45) is 0 Å². The molecule has 4 rings (SSSR count). The lowest BCUT2D eigenvalue weighted by Gasteiger charge is -2.31. The zero-order valence-electron chi connectivity index (χ0n) is 22.7. The Bertz CT molecular complexity index is 1190. The molecule has 0 radical (unpaired) electrons. The SMILES string of the molecule is Cc1cc(C)c(CNC(c2ccccc2)C(NCc2cc(C)c(C)cc2C)c2ccccc2)cc1C. The van der Waals surface area contributed by atoms with Crippen LogP contribution in [0.3, 0.4) is 0 Å². The molecule has 0 saturated carbocycles. The molecule has 2 atom stereocenters. The minimum atomic E-state index is 0.112. The van der Waals surface area contributed by atoms with Crippen LogP contribution in [0.5, 0.6) is 0 Å². The molecule has 0 fully saturated rings. The molecule has 36 heavy (non-hydrogen) atoms. The van der Waals surface area contributed by atoms with Crippen LogP contribution in [0.4, 0.5) is 0 Å². The molecular formula is C34H40N2. The molecule has 0 amide bonds. The van der Waals surface area contributed by atoms with Crippen molar-refractivity contribution >= 4 is 0 Å². The predicted molar refractivity (Wildman–Crippen MR) is 153 cm³/mol.